The van der Waals surface area contributed by atoms with Gasteiger partial charge in [-0.3, -0.25) is 9.97 Å². The zero-order chi connectivity index (χ0) is 13.3. The summed E-state index contributed by atoms with van der Waals surface area (Å²) in [6.45, 7) is 2.40. The fraction of sp³-hybridized carbons (Fsp3) is 0.636. The van der Waals surface area contributed by atoms with Crippen molar-refractivity contribution >= 4 is 10.2 Å². The summed E-state index contributed by atoms with van der Waals surface area (Å²) in [7, 11) is -0.291. The summed E-state index contributed by atoms with van der Waals surface area (Å²) in [5.74, 6) is 0. The minimum Gasteiger partial charge on any atom is -0.261 e. The van der Waals surface area contributed by atoms with Crippen molar-refractivity contribution in [2.24, 2.45) is 0 Å². The second-order valence-electron chi connectivity index (χ2n) is 4.64. The van der Waals surface area contributed by atoms with E-state index >= 15 is 0 Å². The Morgan fingerprint density at radius 3 is 2.72 bits per heavy atom. The molecule has 0 amide bonds. The van der Waals surface area contributed by atoms with Crippen LogP contribution in [-0.2, 0) is 10.2 Å². The van der Waals surface area contributed by atoms with Crippen molar-refractivity contribution in [2.45, 2.75) is 25.8 Å². The maximum Gasteiger partial charge on any atom is 0.282 e. The van der Waals surface area contributed by atoms with Crippen LogP contribution < -0.4 is 0 Å². The maximum atomic E-state index is 12.2. The molecule has 0 saturated carbocycles. The molecule has 100 valence electrons. The van der Waals surface area contributed by atoms with Gasteiger partial charge in [-0.15, -0.1) is 0 Å². The summed E-state index contributed by atoms with van der Waals surface area (Å²) in [5, 5.41) is 0. The molecular formula is C11H18N4O2S. The quantitative estimate of drug-likeness (QED) is 0.812. The van der Waals surface area contributed by atoms with Crippen molar-refractivity contribution in [3.8, 4) is 0 Å². The lowest BCUT2D eigenvalue weighted by Gasteiger charge is -2.26. The SMILES string of the molecule is Cc1cncc(C2CCCN2S(=O)(=O)N(C)C)n1. The van der Waals surface area contributed by atoms with Gasteiger partial charge in [0, 0.05) is 26.8 Å². The first-order chi connectivity index (χ1) is 8.43. The maximum absolute atomic E-state index is 12.2. The molecule has 6 nitrogen and oxygen atoms in total. The molecule has 0 radical (unpaired) electrons. The average Bonchev–Trinajstić information content (AvgIpc) is 2.78. The zero-order valence-corrected chi connectivity index (χ0v) is 11.7. The van der Waals surface area contributed by atoms with Gasteiger partial charge in [-0.2, -0.15) is 17.0 Å². The molecule has 1 saturated heterocycles. The van der Waals surface area contributed by atoms with E-state index in [-0.39, 0.29) is 6.04 Å². The van der Waals surface area contributed by atoms with Crippen molar-refractivity contribution < 1.29 is 8.42 Å². The third-order valence-electron chi connectivity index (χ3n) is 3.08. The largest absolute Gasteiger partial charge is 0.282 e. The minimum atomic E-state index is -3.39. The lowest BCUT2D eigenvalue weighted by atomic mass is 10.2. The summed E-state index contributed by atoms with van der Waals surface area (Å²) in [4.78, 5) is 8.48. The molecule has 0 bridgehead atoms. The Bertz CT molecular complexity index is 530. The first-order valence-corrected chi connectivity index (χ1v) is 7.30. The summed E-state index contributed by atoms with van der Waals surface area (Å²) in [5.41, 5.74) is 1.54. The second kappa shape index (κ2) is 4.91. The third kappa shape index (κ3) is 2.38. The Morgan fingerprint density at radius 2 is 2.11 bits per heavy atom. The van der Waals surface area contributed by atoms with Gasteiger partial charge in [0.1, 0.15) is 0 Å². The molecule has 18 heavy (non-hydrogen) atoms. The van der Waals surface area contributed by atoms with Crippen LogP contribution in [0.5, 0.6) is 0 Å². The summed E-state index contributed by atoms with van der Waals surface area (Å²) < 4.78 is 27.2. The van der Waals surface area contributed by atoms with E-state index in [1.54, 1.807) is 26.5 Å². The molecule has 0 N–H and O–H groups in total. The van der Waals surface area contributed by atoms with Crippen molar-refractivity contribution in [1.29, 1.82) is 0 Å². The van der Waals surface area contributed by atoms with Crippen LogP contribution in [0.2, 0.25) is 0 Å². The van der Waals surface area contributed by atoms with E-state index in [9.17, 15) is 8.42 Å². The monoisotopic (exact) mass is 270 g/mol. The Hall–Kier alpha value is -1.05. The lowest BCUT2D eigenvalue weighted by molar-refractivity contribution is 0.357. The fourth-order valence-corrected chi connectivity index (χ4v) is 3.48. The smallest absolute Gasteiger partial charge is 0.261 e. The molecule has 1 aromatic heterocycles. The Labute approximate surface area is 108 Å². The molecule has 0 aliphatic carbocycles. The zero-order valence-electron chi connectivity index (χ0n) is 10.9. The number of hydrogen-bond donors (Lipinski definition) is 0. The third-order valence-corrected chi connectivity index (χ3v) is 5.03. The molecule has 1 aromatic rings. The molecule has 2 rings (SSSR count). The molecule has 1 unspecified atom stereocenters. The number of aromatic nitrogens is 2. The van der Waals surface area contributed by atoms with E-state index in [2.05, 4.69) is 9.97 Å². The molecule has 1 aliphatic heterocycles. The van der Waals surface area contributed by atoms with Crippen LogP contribution in [0.3, 0.4) is 0 Å². The normalized spacial score (nSPS) is 21.7. The topological polar surface area (TPSA) is 66.4 Å². The number of rotatable bonds is 3. The first kappa shape index (κ1) is 13.4. The Balaban J connectivity index is 2.34. The van der Waals surface area contributed by atoms with Crippen molar-refractivity contribution in [2.75, 3.05) is 20.6 Å². The van der Waals surface area contributed by atoms with E-state index in [1.165, 1.54) is 8.61 Å². The van der Waals surface area contributed by atoms with Gasteiger partial charge in [-0.05, 0) is 19.8 Å². The predicted molar refractivity (Wildman–Crippen MR) is 68.1 cm³/mol. The minimum absolute atomic E-state index is 0.190. The van der Waals surface area contributed by atoms with Crippen molar-refractivity contribution in [3.05, 3.63) is 23.8 Å². The van der Waals surface area contributed by atoms with Crippen LogP contribution >= 0.6 is 0 Å². The molecule has 0 spiro atoms. The van der Waals surface area contributed by atoms with Crippen LogP contribution in [0.15, 0.2) is 12.4 Å². The van der Waals surface area contributed by atoms with E-state index in [0.717, 1.165) is 24.2 Å². The van der Waals surface area contributed by atoms with Gasteiger partial charge in [-0.25, -0.2) is 0 Å². The second-order valence-corrected chi connectivity index (χ2v) is 6.74. The highest BCUT2D eigenvalue weighted by molar-refractivity contribution is 7.86. The van der Waals surface area contributed by atoms with Gasteiger partial charge in [-0.1, -0.05) is 0 Å². The van der Waals surface area contributed by atoms with Crippen LogP contribution in [0.1, 0.15) is 30.3 Å². The van der Waals surface area contributed by atoms with Crippen molar-refractivity contribution in [3.63, 3.8) is 0 Å². The van der Waals surface area contributed by atoms with Crippen LogP contribution in [0.4, 0.5) is 0 Å². The average molecular weight is 270 g/mol. The van der Waals surface area contributed by atoms with Gasteiger partial charge in [0.15, 0.2) is 0 Å². The van der Waals surface area contributed by atoms with Crippen molar-refractivity contribution in [1.82, 2.24) is 18.6 Å². The Morgan fingerprint density at radius 1 is 1.39 bits per heavy atom. The van der Waals surface area contributed by atoms with Gasteiger partial charge in [0.05, 0.1) is 23.6 Å². The van der Waals surface area contributed by atoms with Gasteiger partial charge < -0.3 is 0 Å². The molecule has 0 aromatic carbocycles. The molecule has 7 heteroatoms. The fourth-order valence-electron chi connectivity index (χ4n) is 2.17. The summed E-state index contributed by atoms with van der Waals surface area (Å²) in [6, 6.07) is -0.190. The molecular weight excluding hydrogens is 252 g/mol. The number of hydrogen-bond acceptors (Lipinski definition) is 4. The highest BCUT2D eigenvalue weighted by Gasteiger charge is 2.37. The predicted octanol–water partition coefficient (Wildman–Crippen LogP) is 0.728. The van der Waals surface area contributed by atoms with Crippen LogP contribution in [-0.4, -0.2) is 47.6 Å². The van der Waals surface area contributed by atoms with Gasteiger partial charge >= 0.3 is 0 Å². The highest BCUT2D eigenvalue weighted by atomic mass is 32.2. The molecule has 1 fully saturated rings. The van der Waals surface area contributed by atoms with E-state index in [1.807, 2.05) is 6.92 Å². The van der Waals surface area contributed by atoms with Crippen LogP contribution in [0.25, 0.3) is 0 Å². The molecule has 1 aliphatic rings. The Kier molecular flexibility index (Phi) is 3.65. The molecule has 1 atom stereocenters. The molecule has 2 heterocycles. The number of aryl methyl sites for hydroxylation is 1. The summed E-state index contributed by atoms with van der Waals surface area (Å²) >= 11 is 0. The van der Waals surface area contributed by atoms with E-state index < -0.39 is 10.2 Å². The summed E-state index contributed by atoms with van der Waals surface area (Å²) in [6.07, 6.45) is 4.98. The van der Waals surface area contributed by atoms with E-state index in [0.29, 0.717) is 6.54 Å². The highest BCUT2D eigenvalue weighted by Crippen LogP contribution is 2.33. The lowest BCUT2D eigenvalue weighted by Crippen LogP contribution is -2.39. The number of nitrogens with zero attached hydrogens (tertiary/aromatic N) is 4. The van der Waals surface area contributed by atoms with Gasteiger partial charge in [0.2, 0.25) is 0 Å². The van der Waals surface area contributed by atoms with E-state index in [4.69, 9.17) is 0 Å². The van der Waals surface area contributed by atoms with Crippen LogP contribution in [0, 0.1) is 6.92 Å². The standard InChI is InChI=1S/C11H18N4O2S/c1-9-7-12-8-10(13-9)11-5-4-6-15(11)18(16,17)14(2)3/h7-8,11H,4-6H2,1-3H3. The van der Waals surface area contributed by atoms with Gasteiger partial charge in [0.25, 0.3) is 10.2 Å². The first-order valence-electron chi connectivity index (χ1n) is 5.91.